The van der Waals surface area contributed by atoms with Gasteiger partial charge in [-0.1, -0.05) is 37.3 Å². The Hall–Kier alpha value is -0.900. The van der Waals surface area contributed by atoms with E-state index in [1.807, 2.05) is 0 Å². The summed E-state index contributed by atoms with van der Waals surface area (Å²) in [5.41, 5.74) is 1.37. The Morgan fingerprint density at radius 2 is 1.89 bits per heavy atom. The van der Waals surface area contributed by atoms with Crippen molar-refractivity contribution in [1.82, 2.24) is 10.2 Å². The number of nitrogens with zero attached hydrogens (tertiary/aromatic N) is 1. The molecule has 1 atom stereocenters. The van der Waals surface area contributed by atoms with Crippen molar-refractivity contribution in [2.45, 2.75) is 32.9 Å². The van der Waals surface area contributed by atoms with Gasteiger partial charge in [-0.25, -0.2) is 0 Å². The molecule has 0 aromatic heterocycles. The summed E-state index contributed by atoms with van der Waals surface area (Å²) in [6.45, 7) is 10.3. The average Bonchev–Trinajstić information content (AvgIpc) is 2.43. The summed E-state index contributed by atoms with van der Waals surface area (Å²) in [6.07, 6.45) is 0. The van der Waals surface area contributed by atoms with Gasteiger partial charge in [0.15, 0.2) is 0 Å². The lowest BCUT2D eigenvalue weighted by Gasteiger charge is -2.35. The van der Waals surface area contributed by atoms with E-state index in [0.29, 0.717) is 12.1 Å². The van der Waals surface area contributed by atoms with Gasteiger partial charge in [0.05, 0.1) is 6.61 Å². The van der Waals surface area contributed by atoms with E-state index < -0.39 is 0 Å². The molecule has 1 rings (SSSR count). The molecule has 1 N–H and O–H groups in total. The molecule has 108 valence electrons. The van der Waals surface area contributed by atoms with E-state index in [1.54, 1.807) is 7.11 Å². The third kappa shape index (κ3) is 5.31. The quantitative estimate of drug-likeness (QED) is 0.742. The highest BCUT2D eigenvalue weighted by molar-refractivity contribution is 5.19. The summed E-state index contributed by atoms with van der Waals surface area (Å²) in [4.78, 5) is 2.50. The molecule has 0 aliphatic heterocycles. The Morgan fingerprint density at radius 1 is 1.21 bits per heavy atom. The molecule has 0 aliphatic carbocycles. The van der Waals surface area contributed by atoms with Crippen LogP contribution in [0.5, 0.6) is 0 Å². The molecule has 1 aromatic carbocycles. The van der Waals surface area contributed by atoms with Crippen LogP contribution < -0.4 is 5.32 Å². The first-order valence-corrected chi connectivity index (χ1v) is 7.21. The molecule has 0 saturated carbocycles. The first-order chi connectivity index (χ1) is 9.20. The van der Waals surface area contributed by atoms with Crippen LogP contribution >= 0.6 is 0 Å². The SMILES string of the molecule is CCNCC(c1ccccc1)N(CCOC)C(C)C. The maximum atomic E-state index is 5.25. The molecule has 1 aromatic rings. The second-order valence-corrected chi connectivity index (χ2v) is 5.06. The summed E-state index contributed by atoms with van der Waals surface area (Å²) in [7, 11) is 1.76. The maximum Gasteiger partial charge on any atom is 0.0590 e. The minimum absolute atomic E-state index is 0.399. The Bertz CT molecular complexity index is 327. The number of nitrogens with one attached hydrogen (secondary N) is 1. The molecule has 0 heterocycles. The number of methoxy groups -OCH3 is 1. The van der Waals surface area contributed by atoms with Gasteiger partial charge in [-0.15, -0.1) is 0 Å². The van der Waals surface area contributed by atoms with Crippen LogP contribution in [0.3, 0.4) is 0 Å². The van der Waals surface area contributed by atoms with Crippen molar-refractivity contribution in [3.63, 3.8) is 0 Å². The van der Waals surface area contributed by atoms with Gasteiger partial charge in [0.1, 0.15) is 0 Å². The fourth-order valence-electron chi connectivity index (χ4n) is 2.35. The number of rotatable bonds is 9. The lowest BCUT2D eigenvalue weighted by atomic mass is 10.0. The predicted molar refractivity (Wildman–Crippen MR) is 81.4 cm³/mol. The highest BCUT2D eigenvalue weighted by atomic mass is 16.5. The fourth-order valence-corrected chi connectivity index (χ4v) is 2.35. The second kappa shape index (κ2) is 9.08. The third-order valence-electron chi connectivity index (χ3n) is 3.39. The van der Waals surface area contributed by atoms with E-state index in [-0.39, 0.29) is 0 Å². The van der Waals surface area contributed by atoms with Crippen LogP contribution in [-0.2, 0) is 4.74 Å². The van der Waals surface area contributed by atoms with Gasteiger partial charge in [0.25, 0.3) is 0 Å². The van der Waals surface area contributed by atoms with Crippen molar-refractivity contribution < 1.29 is 4.74 Å². The zero-order chi connectivity index (χ0) is 14.1. The van der Waals surface area contributed by atoms with E-state index in [4.69, 9.17) is 4.74 Å². The highest BCUT2D eigenvalue weighted by Gasteiger charge is 2.21. The molecule has 0 saturated heterocycles. The Morgan fingerprint density at radius 3 is 2.42 bits per heavy atom. The molecule has 19 heavy (non-hydrogen) atoms. The van der Waals surface area contributed by atoms with Gasteiger partial charge in [-0.05, 0) is 26.0 Å². The smallest absolute Gasteiger partial charge is 0.0590 e. The number of likely N-dealkylation sites (N-methyl/N-ethyl adjacent to an activating group) is 1. The molecule has 0 fully saturated rings. The van der Waals surface area contributed by atoms with E-state index >= 15 is 0 Å². The monoisotopic (exact) mass is 264 g/mol. The van der Waals surface area contributed by atoms with Gasteiger partial charge in [0, 0.05) is 32.3 Å². The lowest BCUT2D eigenvalue weighted by Crippen LogP contribution is -2.41. The first kappa shape index (κ1) is 16.2. The van der Waals surface area contributed by atoms with Crippen molar-refractivity contribution in [2.75, 3.05) is 33.4 Å². The Balaban J connectivity index is 2.86. The normalized spacial score (nSPS) is 13.2. The number of hydrogen-bond acceptors (Lipinski definition) is 3. The average molecular weight is 264 g/mol. The lowest BCUT2D eigenvalue weighted by molar-refractivity contribution is 0.0947. The van der Waals surface area contributed by atoms with Crippen LogP contribution in [0, 0.1) is 0 Å². The summed E-state index contributed by atoms with van der Waals surface area (Å²) in [5, 5.41) is 3.48. The summed E-state index contributed by atoms with van der Waals surface area (Å²) in [6, 6.07) is 11.6. The van der Waals surface area contributed by atoms with Crippen LogP contribution in [0.15, 0.2) is 30.3 Å². The topological polar surface area (TPSA) is 24.5 Å². The van der Waals surface area contributed by atoms with E-state index in [0.717, 1.165) is 26.2 Å². The summed E-state index contributed by atoms with van der Waals surface area (Å²) in [5.74, 6) is 0. The van der Waals surface area contributed by atoms with Gasteiger partial charge in [0.2, 0.25) is 0 Å². The summed E-state index contributed by atoms with van der Waals surface area (Å²) < 4.78 is 5.25. The van der Waals surface area contributed by atoms with E-state index in [2.05, 4.69) is 61.3 Å². The minimum Gasteiger partial charge on any atom is -0.383 e. The molecule has 0 spiro atoms. The molecule has 3 heteroatoms. The number of benzene rings is 1. The van der Waals surface area contributed by atoms with Gasteiger partial charge in [-0.2, -0.15) is 0 Å². The van der Waals surface area contributed by atoms with Crippen LogP contribution in [0.4, 0.5) is 0 Å². The minimum atomic E-state index is 0.399. The molecule has 3 nitrogen and oxygen atoms in total. The standard InChI is InChI=1S/C16H28N2O/c1-5-17-13-16(15-9-7-6-8-10-15)18(14(2)3)11-12-19-4/h6-10,14,16-17H,5,11-13H2,1-4H3. The highest BCUT2D eigenvalue weighted by Crippen LogP contribution is 2.22. The fraction of sp³-hybridized carbons (Fsp3) is 0.625. The van der Waals surface area contributed by atoms with Gasteiger partial charge < -0.3 is 10.1 Å². The maximum absolute atomic E-state index is 5.25. The molecule has 0 bridgehead atoms. The molecule has 0 aliphatic rings. The first-order valence-electron chi connectivity index (χ1n) is 7.21. The van der Waals surface area contributed by atoms with Crippen LogP contribution in [0.25, 0.3) is 0 Å². The zero-order valence-corrected chi connectivity index (χ0v) is 12.7. The number of hydrogen-bond donors (Lipinski definition) is 1. The largest absolute Gasteiger partial charge is 0.383 e. The Labute approximate surface area is 118 Å². The molecule has 0 radical (unpaired) electrons. The van der Waals surface area contributed by atoms with Crippen LogP contribution in [0.1, 0.15) is 32.4 Å². The van der Waals surface area contributed by atoms with Crippen LogP contribution in [0.2, 0.25) is 0 Å². The van der Waals surface area contributed by atoms with Crippen molar-refractivity contribution >= 4 is 0 Å². The number of ether oxygens (including phenoxy) is 1. The third-order valence-corrected chi connectivity index (χ3v) is 3.39. The van der Waals surface area contributed by atoms with Crippen molar-refractivity contribution in [3.05, 3.63) is 35.9 Å². The van der Waals surface area contributed by atoms with Crippen molar-refractivity contribution in [1.29, 1.82) is 0 Å². The van der Waals surface area contributed by atoms with E-state index in [1.165, 1.54) is 5.56 Å². The Kier molecular flexibility index (Phi) is 7.72. The summed E-state index contributed by atoms with van der Waals surface area (Å²) >= 11 is 0. The predicted octanol–water partition coefficient (Wildman–Crippen LogP) is 2.69. The zero-order valence-electron chi connectivity index (χ0n) is 12.7. The van der Waals surface area contributed by atoms with Gasteiger partial charge in [-0.3, -0.25) is 4.90 Å². The molecule has 0 amide bonds. The van der Waals surface area contributed by atoms with Crippen molar-refractivity contribution in [2.24, 2.45) is 0 Å². The van der Waals surface area contributed by atoms with E-state index in [9.17, 15) is 0 Å². The van der Waals surface area contributed by atoms with Gasteiger partial charge >= 0.3 is 0 Å². The second-order valence-electron chi connectivity index (χ2n) is 5.06. The molecule has 1 unspecified atom stereocenters. The molecular formula is C16H28N2O. The van der Waals surface area contributed by atoms with Crippen LogP contribution in [-0.4, -0.2) is 44.3 Å². The van der Waals surface area contributed by atoms with Crippen molar-refractivity contribution in [3.8, 4) is 0 Å². The molecular weight excluding hydrogens is 236 g/mol.